The van der Waals surface area contributed by atoms with Crippen LogP contribution >= 0.6 is 0 Å². The molecule has 2 atom stereocenters. The van der Waals surface area contributed by atoms with Crippen LogP contribution in [0.1, 0.15) is 66.2 Å². The maximum atomic E-state index is 12.5. The second-order valence-electron chi connectivity index (χ2n) is 7.64. The summed E-state index contributed by atoms with van der Waals surface area (Å²) in [5.74, 6) is 0.705. The summed E-state index contributed by atoms with van der Waals surface area (Å²) in [4.78, 5) is 24.7. The Labute approximate surface area is 133 Å². The minimum Gasteiger partial charge on any atom is -0.464 e. The summed E-state index contributed by atoms with van der Waals surface area (Å²) >= 11 is 0. The number of esters is 1. The molecule has 0 unspecified atom stereocenters. The van der Waals surface area contributed by atoms with Gasteiger partial charge in [0.05, 0.1) is 6.61 Å². The first kappa shape index (κ1) is 17.1. The summed E-state index contributed by atoms with van der Waals surface area (Å²) in [5, 5.41) is 2.85. The number of ether oxygens (including phenoxy) is 2. The predicted molar refractivity (Wildman–Crippen MR) is 83.4 cm³/mol. The van der Waals surface area contributed by atoms with E-state index in [1.807, 2.05) is 20.8 Å². The number of hydrogen-bond donors (Lipinski definition) is 1. The molecular weight excluding hydrogens is 282 g/mol. The standard InChI is InChI=1S/C17H29NO4/c1-5-21-14(19)17(18-15(20)22-16(2,3)4)10-12-8-6-7-9-13(12)11-17/h12-13H,5-11H2,1-4H3,(H,18,20)/t12-,13-/m1/s1. The maximum absolute atomic E-state index is 12.5. The Morgan fingerprint density at radius 2 is 1.68 bits per heavy atom. The Kier molecular flexibility index (Phi) is 5.03. The van der Waals surface area contributed by atoms with Crippen LogP contribution in [0.15, 0.2) is 0 Å². The molecule has 0 aromatic carbocycles. The van der Waals surface area contributed by atoms with Crippen molar-refractivity contribution < 1.29 is 19.1 Å². The first-order valence-electron chi connectivity index (χ1n) is 8.44. The Bertz CT molecular complexity index is 413. The van der Waals surface area contributed by atoms with Gasteiger partial charge in [-0.2, -0.15) is 0 Å². The molecule has 126 valence electrons. The summed E-state index contributed by atoms with van der Waals surface area (Å²) in [7, 11) is 0. The Morgan fingerprint density at radius 3 is 2.14 bits per heavy atom. The number of fused-ring (bicyclic) bond motifs is 1. The van der Waals surface area contributed by atoms with Gasteiger partial charge in [0.2, 0.25) is 0 Å². The van der Waals surface area contributed by atoms with E-state index in [-0.39, 0.29) is 5.97 Å². The number of nitrogens with one attached hydrogen (secondary N) is 1. The zero-order valence-corrected chi connectivity index (χ0v) is 14.2. The van der Waals surface area contributed by atoms with Crippen LogP contribution < -0.4 is 5.32 Å². The highest BCUT2D eigenvalue weighted by Gasteiger charge is 2.53. The Morgan fingerprint density at radius 1 is 1.14 bits per heavy atom. The molecule has 0 saturated heterocycles. The van der Waals surface area contributed by atoms with Gasteiger partial charge in [-0.25, -0.2) is 9.59 Å². The highest BCUT2D eigenvalue weighted by atomic mass is 16.6. The highest BCUT2D eigenvalue weighted by Crippen LogP contribution is 2.47. The third-order valence-corrected chi connectivity index (χ3v) is 4.69. The summed E-state index contributed by atoms with van der Waals surface area (Å²) in [5.41, 5.74) is -1.48. The SMILES string of the molecule is CCOC(=O)C1(NC(=O)OC(C)(C)C)C[C@H]2CCCC[C@@H]2C1. The van der Waals surface area contributed by atoms with E-state index in [1.54, 1.807) is 6.92 Å². The van der Waals surface area contributed by atoms with E-state index in [4.69, 9.17) is 9.47 Å². The van der Waals surface area contributed by atoms with Crippen LogP contribution in [0, 0.1) is 11.8 Å². The van der Waals surface area contributed by atoms with E-state index >= 15 is 0 Å². The van der Waals surface area contributed by atoms with Gasteiger partial charge >= 0.3 is 12.1 Å². The molecule has 0 bridgehead atoms. The molecule has 0 spiro atoms. The molecule has 5 nitrogen and oxygen atoms in total. The van der Waals surface area contributed by atoms with Crippen LogP contribution in [0.5, 0.6) is 0 Å². The molecular formula is C17H29NO4. The van der Waals surface area contributed by atoms with Crippen molar-refractivity contribution in [3.63, 3.8) is 0 Å². The van der Waals surface area contributed by atoms with E-state index in [1.165, 1.54) is 12.8 Å². The first-order valence-corrected chi connectivity index (χ1v) is 8.44. The van der Waals surface area contributed by atoms with Gasteiger partial charge in [-0.15, -0.1) is 0 Å². The largest absolute Gasteiger partial charge is 0.464 e. The van der Waals surface area contributed by atoms with Crippen LogP contribution in [-0.4, -0.2) is 29.8 Å². The van der Waals surface area contributed by atoms with Crippen LogP contribution in [0.2, 0.25) is 0 Å². The number of amides is 1. The van der Waals surface area contributed by atoms with E-state index < -0.39 is 17.2 Å². The quantitative estimate of drug-likeness (QED) is 0.811. The van der Waals surface area contributed by atoms with Crippen molar-refractivity contribution in [1.82, 2.24) is 5.32 Å². The average Bonchev–Trinajstić information content (AvgIpc) is 2.75. The van der Waals surface area contributed by atoms with Gasteiger partial charge in [0.25, 0.3) is 0 Å². The normalized spacial score (nSPS) is 26.9. The van der Waals surface area contributed by atoms with Gasteiger partial charge in [-0.3, -0.25) is 0 Å². The lowest BCUT2D eigenvalue weighted by atomic mass is 9.82. The zero-order chi connectivity index (χ0) is 16.4. The molecule has 22 heavy (non-hydrogen) atoms. The Balaban J connectivity index is 2.13. The van der Waals surface area contributed by atoms with Crippen LogP contribution in [-0.2, 0) is 14.3 Å². The summed E-state index contributed by atoms with van der Waals surface area (Å²) < 4.78 is 10.6. The van der Waals surface area contributed by atoms with Crippen molar-refractivity contribution in [2.45, 2.75) is 77.4 Å². The molecule has 0 radical (unpaired) electrons. The van der Waals surface area contributed by atoms with Gasteiger partial charge in [0.15, 0.2) is 0 Å². The first-order chi connectivity index (χ1) is 10.3. The van der Waals surface area contributed by atoms with Gasteiger partial charge in [-0.1, -0.05) is 25.7 Å². The lowest BCUT2D eigenvalue weighted by Gasteiger charge is -2.30. The predicted octanol–water partition coefficient (Wildman–Crippen LogP) is 3.41. The molecule has 1 N–H and O–H groups in total. The van der Waals surface area contributed by atoms with E-state index in [9.17, 15) is 9.59 Å². The number of carbonyl (C=O) groups is 2. The molecule has 0 aromatic rings. The van der Waals surface area contributed by atoms with Crippen molar-refractivity contribution in [3.05, 3.63) is 0 Å². The van der Waals surface area contributed by atoms with Gasteiger partial charge in [0.1, 0.15) is 11.1 Å². The summed E-state index contributed by atoms with van der Waals surface area (Å²) in [6, 6.07) is 0. The van der Waals surface area contributed by atoms with E-state index in [0.717, 1.165) is 12.8 Å². The molecule has 2 saturated carbocycles. The second-order valence-corrected chi connectivity index (χ2v) is 7.64. The molecule has 0 heterocycles. The fraction of sp³-hybridized carbons (Fsp3) is 0.882. The number of hydrogen-bond acceptors (Lipinski definition) is 4. The topological polar surface area (TPSA) is 64.6 Å². The van der Waals surface area contributed by atoms with Crippen LogP contribution in [0.3, 0.4) is 0 Å². The van der Waals surface area contributed by atoms with Gasteiger partial charge in [0, 0.05) is 0 Å². The van der Waals surface area contributed by atoms with Crippen molar-refractivity contribution in [2.75, 3.05) is 6.61 Å². The fourth-order valence-corrected chi connectivity index (χ4v) is 3.89. The van der Waals surface area contributed by atoms with Crippen molar-refractivity contribution >= 4 is 12.1 Å². The minimum atomic E-state index is -0.905. The van der Waals surface area contributed by atoms with Crippen LogP contribution in [0.4, 0.5) is 4.79 Å². The number of rotatable bonds is 3. The van der Waals surface area contributed by atoms with Crippen LogP contribution in [0.25, 0.3) is 0 Å². The fourth-order valence-electron chi connectivity index (χ4n) is 3.89. The zero-order valence-electron chi connectivity index (χ0n) is 14.2. The Hall–Kier alpha value is -1.26. The molecule has 0 aromatic heterocycles. The third-order valence-electron chi connectivity index (χ3n) is 4.69. The molecule has 0 aliphatic heterocycles. The number of alkyl carbamates (subject to hydrolysis) is 1. The van der Waals surface area contributed by atoms with Gasteiger partial charge in [-0.05, 0) is 52.4 Å². The van der Waals surface area contributed by atoms with E-state index in [2.05, 4.69) is 5.32 Å². The van der Waals surface area contributed by atoms with E-state index in [0.29, 0.717) is 31.3 Å². The second kappa shape index (κ2) is 6.47. The molecule has 2 aliphatic carbocycles. The smallest absolute Gasteiger partial charge is 0.408 e. The van der Waals surface area contributed by atoms with Gasteiger partial charge < -0.3 is 14.8 Å². The summed E-state index contributed by atoms with van der Waals surface area (Å²) in [6.45, 7) is 7.57. The summed E-state index contributed by atoms with van der Waals surface area (Å²) in [6.07, 6.45) is 5.54. The molecule has 5 heteroatoms. The van der Waals surface area contributed by atoms with Crippen molar-refractivity contribution in [2.24, 2.45) is 11.8 Å². The maximum Gasteiger partial charge on any atom is 0.408 e. The average molecular weight is 311 g/mol. The molecule has 2 rings (SSSR count). The highest BCUT2D eigenvalue weighted by molar-refractivity contribution is 5.86. The van der Waals surface area contributed by atoms with Crippen molar-refractivity contribution in [3.8, 4) is 0 Å². The molecule has 2 fully saturated rings. The van der Waals surface area contributed by atoms with Crippen molar-refractivity contribution in [1.29, 1.82) is 0 Å². The molecule has 2 aliphatic rings. The monoisotopic (exact) mass is 311 g/mol. The molecule has 1 amide bonds. The minimum absolute atomic E-state index is 0.310. The third kappa shape index (κ3) is 3.93. The lowest BCUT2D eigenvalue weighted by molar-refractivity contribution is -0.151. The lowest BCUT2D eigenvalue weighted by Crippen LogP contribution is -2.55. The number of carbonyl (C=O) groups excluding carboxylic acids is 2.